The van der Waals surface area contributed by atoms with E-state index in [2.05, 4.69) is 14.7 Å². The van der Waals surface area contributed by atoms with Crippen molar-refractivity contribution in [3.63, 3.8) is 0 Å². The number of nitrogens with zero attached hydrogens (tertiary/aromatic N) is 1. The van der Waals surface area contributed by atoms with Crippen molar-refractivity contribution in [2.24, 2.45) is 0 Å². The Morgan fingerprint density at radius 2 is 1.84 bits per heavy atom. The number of benzene rings is 1. The molecule has 25 heavy (non-hydrogen) atoms. The lowest BCUT2D eigenvalue weighted by Crippen LogP contribution is -2.38. The zero-order chi connectivity index (χ0) is 17.3. The first-order valence-corrected chi connectivity index (χ1v) is 9.74. The first kappa shape index (κ1) is 16.3. The van der Waals surface area contributed by atoms with E-state index in [1.807, 2.05) is 30.5 Å². The lowest BCUT2D eigenvalue weighted by Gasteiger charge is -2.23. The quantitative estimate of drug-likeness (QED) is 0.752. The number of rotatable bonds is 4. The van der Waals surface area contributed by atoms with Gasteiger partial charge in [-0.1, -0.05) is 12.1 Å². The molecule has 2 N–H and O–H groups in total. The van der Waals surface area contributed by atoms with Gasteiger partial charge in [-0.3, -0.25) is 0 Å². The minimum absolute atomic E-state index is 0.0573. The minimum atomic E-state index is -3.51. The van der Waals surface area contributed by atoms with Gasteiger partial charge in [-0.2, -0.15) is 0 Å². The van der Waals surface area contributed by atoms with Gasteiger partial charge in [0.15, 0.2) is 0 Å². The summed E-state index contributed by atoms with van der Waals surface area (Å²) in [5.41, 5.74) is 2.79. The van der Waals surface area contributed by atoms with Crippen LogP contribution in [0.15, 0.2) is 53.7 Å². The van der Waals surface area contributed by atoms with Crippen LogP contribution < -0.4 is 4.72 Å². The van der Waals surface area contributed by atoms with Crippen LogP contribution in [0.2, 0.25) is 0 Å². The smallest absolute Gasteiger partial charge is 0.240 e. The molecule has 0 spiro atoms. The van der Waals surface area contributed by atoms with Gasteiger partial charge >= 0.3 is 0 Å². The Balaban J connectivity index is 1.60. The molecule has 3 aromatic rings. The normalized spacial score (nSPS) is 16.3. The molecule has 2 aromatic heterocycles. The van der Waals surface area contributed by atoms with Crippen LogP contribution in [0.5, 0.6) is 0 Å². The SMILES string of the molecule is O=S(=O)(NC1CCOCC1)c1ccc(-c2ccnc3[nH]ccc23)cc1. The van der Waals surface area contributed by atoms with Crippen molar-refractivity contribution in [2.75, 3.05) is 13.2 Å². The minimum Gasteiger partial charge on any atom is -0.381 e. The fourth-order valence-corrected chi connectivity index (χ4v) is 4.43. The molecule has 0 aliphatic carbocycles. The zero-order valence-electron chi connectivity index (χ0n) is 13.6. The van der Waals surface area contributed by atoms with E-state index < -0.39 is 10.0 Å². The number of hydrogen-bond acceptors (Lipinski definition) is 4. The van der Waals surface area contributed by atoms with Crippen LogP contribution in [0.1, 0.15) is 12.8 Å². The predicted octanol–water partition coefficient (Wildman–Crippen LogP) is 2.69. The number of nitrogens with one attached hydrogen (secondary N) is 2. The Labute approximate surface area is 146 Å². The van der Waals surface area contributed by atoms with E-state index in [9.17, 15) is 8.42 Å². The molecule has 1 fully saturated rings. The van der Waals surface area contributed by atoms with Crippen molar-refractivity contribution < 1.29 is 13.2 Å². The summed E-state index contributed by atoms with van der Waals surface area (Å²) < 4.78 is 33.1. The lowest BCUT2D eigenvalue weighted by atomic mass is 10.0. The van der Waals surface area contributed by atoms with Crippen LogP contribution in [0.25, 0.3) is 22.2 Å². The number of ether oxygens (including phenoxy) is 1. The van der Waals surface area contributed by atoms with Crippen molar-refractivity contribution >= 4 is 21.1 Å². The molecule has 3 heterocycles. The highest BCUT2D eigenvalue weighted by Crippen LogP contribution is 2.27. The van der Waals surface area contributed by atoms with Crippen molar-refractivity contribution in [2.45, 2.75) is 23.8 Å². The van der Waals surface area contributed by atoms with E-state index in [1.165, 1.54) is 0 Å². The predicted molar refractivity (Wildman–Crippen MR) is 95.7 cm³/mol. The molecular weight excluding hydrogens is 338 g/mol. The number of hydrogen-bond donors (Lipinski definition) is 2. The average Bonchev–Trinajstić information content (AvgIpc) is 3.11. The third kappa shape index (κ3) is 3.30. The molecule has 4 rings (SSSR count). The summed E-state index contributed by atoms with van der Waals surface area (Å²) in [4.78, 5) is 7.64. The first-order chi connectivity index (χ1) is 12.1. The third-order valence-electron chi connectivity index (χ3n) is 4.48. The number of aromatic nitrogens is 2. The van der Waals surface area contributed by atoms with Gasteiger partial charge in [0.25, 0.3) is 0 Å². The van der Waals surface area contributed by atoms with Gasteiger partial charge in [-0.25, -0.2) is 18.1 Å². The fourth-order valence-electron chi connectivity index (χ4n) is 3.13. The highest BCUT2D eigenvalue weighted by Gasteiger charge is 2.22. The average molecular weight is 357 g/mol. The Morgan fingerprint density at radius 3 is 2.60 bits per heavy atom. The van der Waals surface area contributed by atoms with E-state index >= 15 is 0 Å². The van der Waals surface area contributed by atoms with Crippen molar-refractivity contribution in [1.82, 2.24) is 14.7 Å². The molecule has 7 heteroatoms. The largest absolute Gasteiger partial charge is 0.381 e. The second-order valence-corrected chi connectivity index (χ2v) is 7.84. The summed E-state index contributed by atoms with van der Waals surface area (Å²) in [6, 6.07) is 10.8. The number of pyridine rings is 1. The molecule has 1 aromatic carbocycles. The number of H-pyrrole nitrogens is 1. The molecule has 130 valence electrons. The molecule has 1 aliphatic rings. The summed E-state index contributed by atoms with van der Waals surface area (Å²) in [5, 5.41) is 1.01. The molecule has 0 amide bonds. The highest BCUT2D eigenvalue weighted by molar-refractivity contribution is 7.89. The molecule has 0 radical (unpaired) electrons. The van der Waals surface area contributed by atoms with E-state index in [4.69, 9.17) is 4.74 Å². The van der Waals surface area contributed by atoms with Crippen LogP contribution in [-0.2, 0) is 14.8 Å². The van der Waals surface area contributed by atoms with Crippen LogP contribution in [0.4, 0.5) is 0 Å². The Bertz CT molecular complexity index is 974. The van der Waals surface area contributed by atoms with Gasteiger partial charge in [0.2, 0.25) is 10.0 Å². The van der Waals surface area contributed by atoms with Gasteiger partial charge in [-0.05, 0) is 48.2 Å². The van der Waals surface area contributed by atoms with E-state index in [0.29, 0.717) is 26.1 Å². The molecular formula is C18H19N3O3S. The maximum atomic E-state index is 12.6. The summed E-state index contributed by atoms with van der Waals surface area (Å²) in [5.74, 6) is 0. The monoisotopic (exact) mass is 357 g/mol. The second kappa shape index (κ2) is 6.59. The number of fused-ring (bicyclic) bond motifs is 1. The fraction of sp³-hybridized carbons (Fsp3) is 0.278. The van der Waals surface area contributed by atoms with Gasteiger partial charge in [-0.15, -0.1) is 0 Å². The molecule has 0 atom stereocenters. The lowest BCUT2D eigenvalue weighted by molar-refractivity contribution is 0.0832. The topological polar surface area (TPSA) is 84.1 Å². The van der Waals surface area contributed by atoms with Gasteiger partial charge in [0, 0.05) is 37.0 Å². The standard InChI is InChI=1S/C18H19N3O3S/c22-25(23,21-14-7-11-24-12-8-14)15-3-1-13(2-4-15)16-5-9-19-18-17(16)6-10-20-18/h1-6,9-10,14,21H,7-8,11-12H2,(H,19,20). The Kier molecular flexibility index (Phi) is 4.29. The summed E-state index contributed by atoms with van der Waals surface area (Å²) >= 11 is 0. The summed E-state index contributed by atoms with van der Waals surface area (Å²) in [7, 11) is -3.51. The maximum absolute atomic E-state index is 12.6. The van der Waals surface area contributed by atoms with Crippen molar-refractivity contribution in [1.29, 1.82) is 0 Å². The van der Waals surface area contributed by atoms with Gasteiger partial charge < -0.3 is 9.72 Å². The molecule has 1 saturated heterocycles. The summed E-state index contributed by atoms with van der Waals surface area (Å²) in [6.45, 7) is 1.20. The van der Waals surface area contributed by atoms with Crippen LogP contribution >= 0.6 is 0 Å². The second-order valence-electron chi connectivity index (χ2n) is 6.13. The first-order valence-electron chi connectivity index (χ1n) is 8.26. The molecule has 0 saturated carbocycles. The molecule has 0 bridgehead atoms. The van der Waals surface area contributed by atoms with Gasteiger partial charge in [0.05, 0.1) is 4.90 Å². The molecule has 6 nitrogen and oxygen atoms in total. The summed E-state index contributed by atoms with van der Waals surface area (Å²) in [6.07, 6.45) is 5.00. The van der Waals surface area contributed by atoms with Crippen LogP contribution in [0.3, 0.4) is 0 Å². The maximum Gasteiger partial charge on any atom is 0.240 e. The van der Waals surface area contributed by atoms with Crippen LogP contribution in [0, 0.1) is 0 Å². The van der Waals surface area contributed by atoms with Crippen molar-refractivity contribution in [3.05, 3.63) is 48.8 Å². The van der Waals surface area contributed by atoms with Crippen LogP contribution in [-0.4, -0.2) is 37.6 Å². The number of aromatic amines is 1. The number of sulfonamides is 1. The van der Waals surface area contributed by atoms with E-state index in [-0.39, 0.29) is 10.9 Å². The zero-order valence-corrected chi connectivity index (χ0v) is 14.4. The Morgan fingerprint density at radius 1 is 1.08 bits per heavy atom. The molecule has 1 aliphatic heterocycles. The highest BCUT2D eigenvalue weighted by atomic mass is 32.2. The Hall–Kier alpha value is -2.22. The molecule has 0 unspecified atom stereocenters. The van der Waals surface area contributed by atoms with Gasteiger partial charge in [0.1, 0.15) is 5.65 Å². The van der Waals surface area contributed by atoms with Crippen molar-refractivity contribution in [3.8, 4) is 11.1 Å². The van der Waals surface area contributed by atoms with E-state index in [0.717, 1.165) is 22.2 Å². The van der Waals surface area contributed by atoms with E-state index in [1.54, 1.807) is 18.3 Å². The third-order valence-corrected chi connectivity index (χ3v) is 6.02.